The molecule has 0 fully saturated rings. The minimum Gasteiger partial charge on any atom is -0.298 e. The summed E-state index contributed by atoms with van der Waals surface area (Å²) in [4.78, 5) is 11.2. The summed E-state index contributed by atoms with van der Waals surface area (Å²) >= 11 is 0. The summed E-state index contributed by atoms with van der Waals surface area (Å²) in [6.07, 6.45) is 2.91. The van der Waals surface area contributed by atoms with Gasteiger partial charge in [0.1, 0.15) is 6.29 Å². The Morgan fingerprint density at radius 3 is 2.35 bits per heavy atom. The molecule has 1 heteroatoms. The minimum atomic E-state index is 0.0382. The molecule has 0 aromatic heterocycles. The first kappa shape index (κ1) is 13.7. The molecule has 0 aliphatic carbocycles. The lowest BCUT2D eigenvalue weighted by molar-refractivity contribution is -0.105. The average Bonchev–Trinajstić information content (AvgIpc) is 2.23. The van der Waals surface area contributed by atoms with Gasteiger partial charge < -0.3 is 0 Å². The summed E-state index contributed by atoms with van der Waals surface area (Å²) in [6.45, 7) is 10.5. The van der Waals surface area contributed by atoms with Crippen molar-refractivity contribution >= 4 is 6.29 Å². The Balaban J connectivity index is 3.30. The summed E-state index contributed by atoms with van der Waals surface area (Å²) in [5.41, 5.74) is 3.36. The Bertz CT molecular complexity index is 421. The smallest absolute Gasteiger partial charge is 0.146 e. The quantitative estimate of drug-likeness (QED) is 0.560. The van der Waals surface area contributed by atoms with Gasteiger partial charge in [0.15, 0.2) is 0 Å². The maximum Gasteiger partial charge on any atom is 0.146 e. The molecule has 0 heterocycles. The van der Waals surface area contributed by atoms with Crippen molar-refractivity contribution in [2.45, 2.75) is 40.5 Å². The molecule has 1 aromatic rings. The van der Waals surface area contributed by atoms with Gasteiger partial charge in [0.25, 0.3) is 0 Å². The van der Waals surface area contributed by atoms with Crippen molar-refractivity contribution in [3.05, 3.63) is 47.0 Å². The number of aldehydes is 1. The van der Waals surface area contributed by atoms with Crippen LogP contribution in [-0.2, 0) is 4.79 Å². The second kappa shape index (κ2) is 5.31. The van der Waals surface area contributed by atoms with Crippen molar-refractivity contribution in [2.75, 3.05) is 0 Å². The van der Waals surface area contributed by atoms with Crippen LogP contribution < -0.4 is 0 Å². The number of hydrogen-bond acceptors (Lipinski definition) is 1. The molecule has 0 aliphatic heterocycles. The van der Waals surface area contributed by atoms with Gasteiger partial charge in [-0.05, 0) is 30.4 Å². The third kappa shape index (κ3) is 3.29. The summed E-state index contributed by atoms with van der Waals surface area (Å²) in [5.74, 6) is 0.157. The van der Waals surface area contributed by atoms with E-state index in [-0.39, 0.29) is 11.3 Å². The van der Waals surface area contributed by atoms with E-state index in [9.17, 15) is 4.79 Å². The Labute approximate surface area is 105 Å². The first-order chi connectivity index (χ1) is 7.90. The lowest BCUT2D eigenvalue weighted by Crippen LogP contribution is -2.21. The SMILES string of the molecule is C/C=C(/C=O)[C@@H](c1cccc(C)c1)C(C)(C)C. The molecule has 0 aliphatic rings. The van der Waals surface area contributed by atoms with Crippen LogP contribution in [0, 0.1) is 12.3 Å². The van der Waals surface area contributed by atoms with Crippen LogP contribution in [0.2, 0.25) is 0 Å². The molecule has 17 heavy (non-hydrogen) atoms. The fraction of sp³-hybridized carbons (Fsp3) is 0.438. The van der Waals surface area contributed by atoms with E-state index in [2.05, 4.69) is 52.0 Å². The second-order valence-corrected chi connectivity index (χ2v) is 5.62. The Morgan fingerprint density at radius 1 is 1.29 bits per heavy atom. The van der Waals surface area contributed by atoms with Gasteiger partial charge in [-0.25, -0.2) is 0 Å². The lowest BCUT2D eigenvalue weighted by Gasteiger charge is -2.31. The normalized spacial score (nSPS) is 14.5. The maximum atomic E-state index is 11.2. The number of benzene rings is 1. The van der Waals surface area contributed by atoms with Crippen molar-refractivity contribution in [1.29, 1.82) is 0 Å². The third-order valence-electron chi connectivity index (χ3n) is 3.04. The van der Waals surface area contributed by atoms with Crippen molar-refractivity contribution in [1.82, 2.24) is 0 Å². The molecule has 1 rings (SSSR count). The van der Waals surface area contributed by atoms with Gasteiger partial charge in [0.05, 0.1) is 0 Å². The monoisotopic (exact) mass is 230 g/mol. The number of carbonyl (C=O) groups is 1. The van der Waals surface area contributed by atoms with E-state index in [0.29, 0.717) is 0 Å². The molecule has 1 nitrogen and oxygen atoms in total. The predicted octanol–water partition coefficient (Wildman–Crippen LogP) is 4.27. The van der Waals surface area contributed by atoms with Gasteiger partial charge in [-0.1, -0.05) is 56.7 Å². The van der Waals surface area contributed by atoms with Gasteiger partial charge >= 0.3 is 0 Å². The zero-order chi connectivity index (χ0) is 13.1. The van der Waals surface area contributed by atoms with Crippen LogP contribution in [0.25, 0.3) is 0 Å². The van der Waals surface area contributed by atoms with Crippen molar-refractivity contribution in [3.8, 4) is 0 Å². The maximum absolute atomic E-state index is 11.2. The summed E-state index contributed by atoms with van der Waals surface area (Å²) in [7, 11) is 0. The van der Waals surface area contributed by atoms with Crippen molar-refractivity contribution in [2.24, 2.45) is 5.41 Å². The van der Waals surface area contributed by atoms with Gasteiger partial charge in [-0.2, -0.15) is 0 Å². The first-order valence-corrected chi connectivity index (χ1v) is 6.08. The molecule has 0 unspecified atom stereocenters. The largest absolute Gasteiger partial charge is 0.298 e. The minimum absolute atomic E-state index is 0.0382. The van der Waals surface area contributed by atoms with E-state index in [1.54, 1.807) is 0 Å². The molecule has 1 aromatic carbocycles. The van der Waals surface area contributed by atoms with Crippen LogP contribution in [0.15, 0.2) is 35.9 Å². The summed E-state index contributed by atoms with van der Waals surface area (Å²) in [6, 6.07) is 8.42. The molecule has 0 bridgehead atoms. The van der Waals surface area contributed by atoms with Gasteiger partial charge in [-0.15, -0.1) is 0 Å². The fourth-order valence-electron chi connectivity index (χ4n) is 2.34. The molecule has 0 saturated carbocycles. The van der Waals surface area contributed by atoms with Crippen LogP contribution in [0.1, 0.15) is 44.7 Å². The molecular formula is C16H22O. The van der Waals surface area contributed by atoms with E-state index in [1.165, 1.54) is 11.1 Å². The van der Waals surface area contributed by atoms with E-state index < -0.39 is 0 Å². The van der Waals surface area contributed by atoms with Crippen LogP contribution >= 0.6 is 0 Å². The highest BCUT2D eigenvalue weighted by atomic mass is 16.1. The zero-order valence-corrected chi connectivity index (χ0v) is 11.4. The highest BCUT2D eigenvalue weighted by Gasteiger charge is 2.29. The van der Waals surface area contributed by atoms with Gasteiger partial charge in [-0.3, -0.25) is 4.79 Å². The van der Waals surface area contributed by atoms with Crippen LogP contribution in [0.5, 0.6) is 0 Å². The summed E-state index contributed by atoms with van der Waals surface area (Å²) < 4.78 is 0. The molecule has 0 N–H and O–H groups in total. The van der Waals surface area contributed by atoms with Crippen molar-refractivity contribution < 1.29 is 4.79 Å². The van der Waals surface area contributed by atoms with E-state index in [1.807, 2.05) is 13.0 Å². The average molecular weight is 230 g/mol. The van der Waals surface area contributed by atoms with E-state index in [4.69, 9.17) is 0 Å². The number of carbonyl (C=O) groups excluding carboxylic acids is 1. The highest BCUT2D eigenvalue weighted by Crippen LogP contribution is 2.40. The second-order valence-electron chi connectivity index (χ2n) is 5.62. The van der Waals surface area contributed by atoms with E-state index in [0.717, 1.165) is 11.9 Å². The van der Waals surface area contributed by atoms with Crippen LogP contribution in [0.4, 0.5) is 0 Å². The molecule has 0 radical (unpaired) electrons. The van der Waals surface area contributed by atoms with E-state index >= 15 is 0 Å². The summed E-state index contributed by atoms with van der Waals surface area (Å²) in [5, 5.41) is 0. The first-order valence-electron chi connectivity index (χ1n) is 6.08. The molecular weight excluding hydrogens is 208 g/mol. The van der Waals surface area contributed by atoms with Gasteiger partial charge in [0.2, 0.25) is 0 Å². The third-order valence-corrected chi connectivity index (χ3v) is 3.04. The Kier molecular flexibility index (Phi) is 4.28. The fourth-order valence-corrected chi connectivity index (χ4v) is 2.34. The Morgan fingerprint density at radius 2 is 1.94 bits per heavy atom. The highest BCUT2D eigenvalue weighted by molar-refractivity contribution is 5.76. The molecule has 0 amide bonds. The molecule has 0 spiro atoms. The Hall–Kier alpha value is -1.37. The topological polar surface area (TPSA) is 17.1 Å². The standard InChI is InChI=1S/C16H22O/c1-6-13(11-17)15(16(3,4)5)14-9-7-8-12(2)10-14/h6-11,15H,1-5H3/b13-6-/t15-/m0/s1. The number of allylic oxidation sites excluding steroid dienone is 2. The lowest BCUT2D eigenvalue weighted by atomic mass is 9.72. The van der Waals surface area contributed by atoms with Crippen LogP contribution in [-0.4, -0.2) is 6.29 Å². The molecule has 1 atom stereocenters. The number of aryl methyl sites for hydroxylation is 1. The predicted molar refractivity (Wildman–Crippen MR) is 73.2 cm³/mol. The number of rotatable bonds is 3. The zero-order valence-electron chi connectivity index (χ0n) is 11.4. The van der Waals surface area contributed by atoms with Gasteiger partial charge in [0, 0.05) is 5.92 Å². The molecule has 92 valence electrons. The number of hydrogen-bond donors (Lipinski definition) is 0. The molecule has 0 saturated heterocycles. The van der Waals surface area contributed by atoms with Crippen molar-refractivity contribution in [3.63, 3.8) is 0 Å². The van der Waals surface area contributed by atoms with Crippen LogP contribution in [0.3, 0.4) is 0 Å².